The van der Waals surface area contributed by atoms with Gasteiger partial charge in [-0.05, 0) is 61.3 Å². The standard InChI is InChI=1S/C32H45ClN2O6/c1-3-22-8-6-9-23(18-22)30-25(10-7-11-26(30)33)32(39,12-4-5-16-40-2)29-21-35(14-17-41-29)31(38)24-19-27(28(37)20-24)34-13-15-36/h6-11,18,24,27-29,34,36-37,39H,3-5,12-17,19-21H2,1-2H3. The summed E-state index contributed by atoms with van der Waals surface area (Å²) in [6.45, 7) is 4.02. The predicted octanol–water partition coefficient (Wildman–Crippen LogP) is 3.52. The van der Waals surface area contributed by atoms with E-state index in [-0.39, 0.29) is 31.0 Å². The summed E-state index contributed by atoms with van der Waals surface area (Å²) in [5.41, 5.74) is 2.18. The van der Waals surface area contributed by atoms with Gasteiger partial charge >= 0.3 is 0 Å². The third-order valence-electron chi connectivity index (χ3n) is 8.57. The first kappa shape index (κ1) is 31.9. The van der Waals surface area contributed by atoms with Gasteiger partial charge < -0.3 is 35.0 Å². The molecule has 4 rings (SSSR count). The number of halogens is 1. The number of hydrogen-bond acceptors (Lipinski definition) is 7. The zero-order chi connectivity index (χ0) is 29.4. The number of unbranched alkanes of at least 4 members (excludes halogenated alkanes) is 1. The SMILES string of the molecule is CCc1cccc(-c2c(Cl)cccc2C(O)(CCCCOC)C2CN(C(=O)C3CC(O)C(NCCO)C3)CCO2)c1. The van der Waals surface area contributed by atoms with E-state index in [1.54, 1.807) is 12.0 Å². The number of nitrogens with zero attached hydrogens (tertiary/aromatic N) is 1. The molecule has 2 aromatic rings. The molecule has 0 bridgehead atoms. The quantitative estimate of drug-likeness (QED) is 0.265. The molecule has 8 nitrogen and oxygen atoms in total. The Kier molecular flexibility index (Phi) is 11.6. The highest BCUT2D eigenvalue weighted by Gasteiger charge is 2.46. The number of rotatable bonds is 13. The fourth-order valence-corrected chi connectivity index (χ4v) is 6.60. The van der Waals surface area contributed by atoms with Gasteiger partial charge in [-0.15, -0.1) is 0 Å². The van der Waals surface area contributed by atoms with Gasteiger partial charge in [0.1, 0.15) is 11.7 Å². The number of aryl methyl sites for hydroxylation is 1. The normalized spacial score (nSPS) is 24.4. The third-order valence-corrected chi connectivity index (χ3v) is 8.88. The Balaban J connectivity index is 1.63. The van der Waals surface area contributed by atoms with Crippen LogP contribution in [0, 0.1) is 5.92 Å². The number of hydrogen-bond donors (Lipinski definition) is 4. The van der Waals surface area contributed by atoms with Gasteiger partial charge in [-0.2, -0.15) is 0 Å². The Morgan fingerprint density at radius 2 is 2.02 bits per heavy atom. The van der Waals surface area contributed by atoms with Crippen molar-refractivity contribution in [2.75, 3.05) is 46.6 Å². The predicted molar refractivity (Wildman–Crippen MR) is 160 cm³/mol. The lowest BCUT2D eigenvalue weighted by atomic mass is 9.78. The molecule has 5 unspecified atom stereocenters. The van der Waals surface area contributed by atoms with Crippen molar-refractivity contribution < 1.29 is 29.6 Å². The van der Waals surface area contributed by atoms with Crippen LogP contribution in [0.2, 0.25) is 5.02 Å². The third kappa shape index (κ3) is 7.49. The van der Waals surface area contributed by atoms with Gasteiger partial charge in [-0.3, -0.25) is 4.79 Å². The van der Waals surface area contributed by atoms with E-state index in [2.05, 4.69) is 24.4 Å². The zero-order valence-corrected chi connectivity index (χ0v) is 25.0. The molecule has 1 heterocycles. The number of aliphatic hydroxyl groups is 3. The first-order chi connectivity index (χ1) is 19.8. The van der Waals surface area contributed by atoms with E-state index in [1.165, 1.54) is 5.56 Å². The molecule has 1 amide bonds. The maximum absolute atomic E-state index is 13.6. The number of methoxy groups -OCH3 is 1. The molecule has 1 aliphatic carbocycles. The lowest BCUT2D eigenvalue weighted by molar-refractivity contribution is -0.167. The monoisotopic (exact) mass is 588 g/mol. The van der Waals surface area contributed by atoms with Gasteiger partial charge in [0.15, 0.2) is 0 Å². The lowest BCUT2D eigenvalue weighted by Gasteiger charge is -2.44. The molecule has 0 radical (unpaired) electrons. The molecule has 2 aromatic carbocycles. The number of benzene rings is 2. The number of aliphatic hydroxyl groups excluding tert-OH is 2. The summed E-state index contributed by atoms with van der Waals surface area (Å²) < 4.78 is 11.5. The van der Waals surface area contributed by atoms with Crippen LogP contribution >= 0.6 is 11.6 Å². The van der Waals surface area contributed by atoms with E-state index in [1.807, 2.05) is 30.3 Å². The summed E-state index contributed by atoms with van der Waals surface area (Å²) in [6, 6.07) is 13.6. The number of amides is 1. The summed E-state index contributed by atoms with van der Waals surface area (Å²) in [6.07, 6.45) is 2.35. The van der Waals surface area contributed by atoms with Crippen molar-refractivity contribution in [2.24, 2.45) is 5.92 Å². The molecule has 5 atom stereocenters. The van der Waals surface area contributed by atoms with E-state index in [0.717, 1.165) is 24.0 Å². The summed E-state index contributed by atoms with van der Waals surface area (Å²) in [7, 11) is 1.67. The topological polar surface area (TPSA) is 111 Å². The van der Waals surface area contributed by atoms with Gasteiger partial charge in [0.05, 0.1) is 25.9 Å². The Morgan fingerprint density at radius 3 is 2.78 bits per heavy atom. The number of carbonyl (C=O) groups excluding carboxylic acids is 1. The van der Waals surface area contributed by atoms with Gasteiger partial charge in [0, 0.05) is 49.4 Å². The van der Waals surface area contributed by atoms with Crippen LogP contribution in [0.15, 0.2) is 42.5 Å². The Morgan fingerprint density at radius 1 is 1.22 bits per heavy atom. The smallest absolute Gasteiger partial charge is 0.226 e. The van der Waals surface area contributed by atoms with Gasteiger partial charge in [-0.25, -0.2) is 0 Å². The summed E-state index contributed by atoms with van der Waals surface area (Å²) in [4.78, 5) is 15.4. The number of carbonyl (C=O) groups is 1. The fraction of sp³-hybridized carbons (Fsp3) is 0.594. The minimum atomic E-state index is -1.41. The molecular weight excluding hydrogens is 544 g/mol. The molecule has 9 heteroatoms. The molecule has 226 valence electrons. The molecule has 1 saturated carbocycles. The van der Waals surface area contributed by atoms with Crippen LogP contribution in [-0.4, -0.2) is 90.9 Å². The van der Waals surface area contributed by atoms with Crippen molar-refractivity contribution in [3.63, 3.8) is 0 Å². The van der Waals surface area contributed by atoms with Crippen LogP contribution in [0.4, 0.5) is 0 Å². The molecule has 0 spiro atoms. The summed E-state index contributed by atoms with van der Waals surface area (Å²) in [5, 5.41) is 35.9. The Labute approximate surface area is 248 Å². The van der Waals surface area contributed by atoms with Crippen LogP contribution in [0.1, 0.15) is 50.2 Å². The maximum atomic E-state index is 13.6. The van der Waals surface area contributed by atoms with Crippen molar-refractivity contribution >= 4 is 17.5 Å². The first-order valence-electron chi connectivity index (χ1n) is 14.8. The van der Waals surface area contributed by atoms with E-state index >= 15 is 0 Å². The molecule has 2 aliphatic rings. The minimum absolute atomic E-state index is 0.0236. The van der Waals surface area contributed by atoms with Crippen LogP contribution in [0.5, 0.6) is 0 Å². The van der Waals surface area contributed by atoms with E-state index in [9.17, 15) is 15.0 Å². The van der Waals surface area contributed by atoms with Crippen molar-refractivity contribution in [3.05, 3.63) is 58.6 Å². The molecule has 0 aromatic heterocycles. The second kappa shape index (κ2) is 14.9. The van der Waals surface area contributed by atoms with Crippen molar-refractivity contribution in [2.45, 2.75) is 69.3 Å². The van der Waals surface area contributed by atoms with Gasteiger partial charge in [0.2, 0.25) is 5.91 Å². The van der Waals surface area contributed by atoms with Crippen molar-refractivity contribution in [1.29, 1.82) is 0 Å². The minimum Gasteiger partial charge on any atom is -0.395 e. The molecule has 2 fully saturated rings. The Bertz CT molecular complexity index is 1150. The number of nitrogens with one attached hydrogen (secondary N) is 1. The van der Waals surface area contributed by atoms with E-state index in [4.69, 9.17) is 26.2 Å². The van der Waals surface area contributed by atoms with Crippen molar-refractivity contribution in [1.82, 2.24) is 10.2 Å². The van der Waals surface area contributed by atoms with Crippen LogP contribution in [0.3, 0.4) is 0 Å². The second-order valence-electron chi connectivity index (χ2n) is 11.3. The maximum Gasteiger partial charge on any atom is 0.226 e. The van der Waals surface area contributed by atoms with E-state index in [0.29, 0.717) is 62.6 Å². The average Bonchev–Trinajstić information content (AvgIpc) is 3.37. The van der Waals surface area contributed by atoms with Crippen LogP contribution in [-0.2, 0) is 26.3 Å². The average molecular weight is 589 g/mol. The van der Waals surface area contributed by atoms with Crippen molar-refractivity contribution in [3.8, 4) is 11.1 Å². The van der Waals surface area contributed by atoms with Crippen LogP contribution < -0.4 is 5.32 Å². The summed E-state index contributed by atoms with van der Waals surface area (Å²) in [5.74, 6) is -0.359. The molecule has 1 aliphatic heterocycles. The molecular formula is C32H45ClN2O6. The largest absolute Gasteiger partial charge is 0.395 e. The zero-order valence-electron chi connectivity index (χ0n) is 24.2. The highest BCUT2D eigenvalue weighted by Crippen LogP contribution is 2.43. The Hall–Kier alpha value is -2.04. The summed E-state index contributed by atoms with van der Waals surface area (Å²) >= 11 is 6.84. The first-order valence-corrected chi connectivity index (χ1v) is 15.2. The second-order valence-corrected chi connectivity index (χ2v) is 11.7. The highest BCUT2D eigenvalue weighted by molar-refractivity contribution is 6.33. The molecule has 4 N–H and O–H groups in total. The van der Waals surface area contributed by atoms with E-state index < -0.39 is 17.8 Å². The van der Waals surface area contributed by atoms with Gasteiger partial charge in [0.25, 0.3) is 0 Å². The van der Waals surface area contributed by atoms with Crippen LogP contribution in [0.25, 0.3) is 11.1 Å². The fourth-order valence-electron chi connectivity index (χ4n) is 6.32. The molecule has 41 heavy (non-hydrogen) atoms. The molecule has 1 saturated heterocycles. The number of morpholine rings is 1. The highest BCUT2D eigenvalue weighted by atomic mass is 35.5. The van der Waals surface area contributed by atoms with Gasteiger partial charge in [-0.1, -0.05) is 54.9 Å². The lowest BCUT2D eigenvalue weighted by Crippen LogP contribution is -2.55. The number of ether oxygens (including phenoxy) is 2.